The Morgan fingerprint density at radius 3 is 1.96 bits per heavy atom. The van der Waals surface area contributed by atoms with Crippen LogP contribution in [0.25, 0.3) is 0 Å². The molecule has 4 atom stereocenters. The second-order valence-corrected chi connectivity index (χ2v) is 14.6. The number of rotatable bonds is 21. The number of sulfone groups is 1. The first-order valence-electron chi connectivity index (χ1n) is 16.8. The van der Waals surface area contributed by atoms with Gasteiger partial charge < -0.3 is 36.2 Å². The quantitative estimate of drug-likeness (QED) is 0.107. The minimum absolute atomic E-state index is 0.115. The number of carboxylic acid groups (broad SMARTS) is 2. The van der Waals surface area contributed by atoms with E-state index in [0.29, 0.717) is 5.56 Å². The van der Waals surface area contributed by atoms with E-state index in [1.165, 1.54) is 13.0 Å². The van der Waals surface area contributed by atoms with Crippen molar-refractivity contribution < 1.29 is 52.1 Å². The largest absolute Gasteiger partial charge is 0.481 e. The fraction of sp³-hybridized carbons (Fsp3) is 0.444. The van der Waals surface area contributed by atoms with Gasteiger partial charge in [0.1, 0.15) is 24.7 Å². The van der Waals surface area contributed by atoms with E-state index in [4.69, 9.17) is 4.74 Å². The second kappa shape index (κ2) is 21.9. The van der Waals surface area contributed by atoms with Crippen LogP contribution in [0.5, 0.6) is 0 Å². The average molecular weight is 745 g/mol. The van der Waals surface area contributed by atoms with Crippen molar-refractivity contribution in [1.29, 1.82) is 0 Å². The molecule has 0 saturated heterocycles. The third-order valence-electron chi connectivity index (χ3n) is 7.69. The standard InChI is InChI=1S/C36H48N4O11S/c1-4-52(49,50)21-20-27(16-18-30(41)42)37-34(46)29(22-24(2)3)38-35(47)32(26-14-10-5-6-11-15-26)40-33(45)28(17-19-31(43)44)39-36(48)51-23-25-12-8-7-9-13-25/h5-15,20-21,24,26-29,32H,4,16-19,22-23H2,1-3H3,(H,37,46)(H,38,47)(H,39,48)(H,40,45)(H,41,42)(H,43,44). The van der Waals surface area contributed by atoms with Gasteiger partial charge in [-0.2, -0.15) is 0 Å². The van der Waals surface area contributed by atoms with E-state index in [2.05, 4.69) is 21.3 Å². The van der Waals surface area contributed by atoms with Crippen LogP contribution < -0.4 is 21.3 Å². The number of benzene rings is 1. The fourth-order valence-electron chi connectivity index (χ4n) is 4.89. The van der Waals surface area contributed by atoms with Gasteiger partial charge in [-0.25, -0.2) is 13.2 Å². The number of carbonyl (C=O) groups excluding carboxylic acids is 4. The van der Waals surface area contributed by atoms with Crippen molar-refractivity contribution in [2.45, 2.75) is 83.6 Å². The monoisotopic (exact) mass is 744 g/mol. The van der Waals surface area contributed by atoms with Gasteiger partial charge in [0.15, 0.2) is 9.84 Å². The summed E-state index contributed by atoms with van der Waals surface area (Å²) in [6.07, 6.45) is 8.99. The second-order valence-electron chi connectivity index (χ2n) is 12.4. The number of hydrogen-bond donors (Lipinski definition) is 6. The van der Waals surface area contributed by atoms with Crippen LogP contribution in [0.2, 0.25) is 0 Å². The van der Waals surface area contributed by atoms with Crippen molar-refractivity contribution in [3.05, 3.63) is 83.8 Å². The number of ether oxygens (including phenoxy) is 1. The SMILES string of the molecule is CCS(=O)(=O)C=CC(CCC(=O)O)NC(=O)C(CC(C)C)NC(=O)C(NC(=O)C(CCC(=O)O)NC(=O)OCc1ccccc1)C1C=CC=CC=C1. The molecule has 0 heterocycles. The van der Waals surface area contributed by atoms with Crippen LogP contribution in [0.4, 0.5) is 4.79 Å². The summed E-state index contributed by atoms with van der Waals surface area (Å²) in [4.78, 5) is 76.6. The lowest BCUT2D eigenvalue weighted by molar-refractivity contribution is -0.138. The van der Waals surface area contributed by atoms with Gasteiger partial charge in [-0.1, -0.05) is 93.6 Å². The number of carboxylic acids is 2. The number of hydrogen-bond acceptors (Lipinski definition) is 9. The number of amides is 4. The Kier molecular flexibility index (Phi) is 18.0. The fourth-order valence-corrected chi connectivity index (χ4v) is 5.51. The summed E-state index contributed by atoms with van der Waals surface area (Å²) in [5, 5.41) is 29.7. The third-order valence-corrected chi connectivity index (χ3v) is 9.07. The summed E-state index contributed by atoms with van der Waals surface area (Å²) < 4.78 is 29.4. The van der Waals surface area contributed by atoms with E-state index in [9.17, 15) is 47.4 Å². The molecule has 15 nitrogen and oxygen atoms in total. The molecule has 4 amide bonds. The Labute approximate surface area is 303 Å². The number of carbonyl (C=O) groups is 6. The zero-order chi connectivity index (χ0) is 38.7. The first-order valence-corrected chi connectivity index (χ1v) is 18.6. The van der Waals surface area contributed by atoms with Crippen molar-refractivity contribution in [3.8, 4) is 0 Å². The lowest BCUT2D eigenvalue weighted by Crippen LogP contribution is -2.59. The molecule has 4 unspecified atom stereocenters. The van der Waals surface area contributed by atoms with Gasteiger partial charge >= 0.3 is 18.0 Å². The van der Waals surface area contributed by atoms with Crippen molar-refractivity contribution in [2.24, 2.45) is 11.8 Å². The Morgan fingerprint density at radius 1 is 0.788 bits per heavy atom. The van der Waals surface area contributed by atoms with Crippen molar-refractivity contribution >= 4 is 45.6 Å². The summed E-state index contributed by atoms with van der Waals surface area (Å²) >= 11 is 0. The van der Waals surface area contributed by atoms with Crippen molar-refractivity contribution in [2.75, 3.05) is 5.75 Å². The van der Waals surface area contributed by atoms with Crippen LogP contribution in [0.3, 0.4) is 0 Å². The van der Waals surface area contributed by atoms with Gasteiger partial charge in [0, 0.05) is 30.2 Å². The van der Waals surface area contributed by atoms with Gasteiger partial charge in [-0.15, -0.1) is 0 Å². The van der Waals surface area contributed by atoms with Crippen LogP contribution in [0, 0.1) is 11.8 Å². The maximum absolute atomic E-state index is 14.0. The van der Waals surface area contributed by atoms with Gasteiger partial charge in [0.05, 0.1) is 5.75 Å². The molecule has 2 rings (SSSR count). The van der Waals surface area contributed by atoms with Gasteiger partial charge in [-0.05, 0) is 30.7 Å². The maximum atomic E-state index is 14.0. The minimum atomic E-state index is -3.60. The molecular formula is C36H48N4O11S. The lowest BCUT2D eigenvalue weighted by Gasteiger charge is -2.29. The summed E-state index contributed by atoms with van der Waals surface area (Å²) in [7, 11) is -3.60. The van der Waals surface area contributed by atoms with E-state index >= 15 is 0 Å². The van der Waals surface area contributed by atoms with Crippen LogP contribution in [-0.4, -0.2) is 84.3 Å². The maximum Gasteiger partial charge on any atom is 0.408 e. The van der Waals surface area contributed by atoms with E-state index in [1.807, 2.05) is 0 Å². The first kappa shape index (κ1) is 42.9. The third kappa shape index (κ3) is 16.6. The molecule has 0 saturated carbocycles. The molecular weight excluding hydrogens is 696 g/mol. The number of allylic oxidation sites excluding steroid dienone is 4. The van der Waals surface area contributed by atoms with Crippen LogP contribution in [0.15, 0.2) is 78.3 Å². The lowest BCUT2D eigenvalue weighted by atomic mass is 9.95. The molecule has 6 N–H and O–H groups in total. The first-order chi connectivity index (χ1) is 24.6. The van der Waals surface area contributed by atoms with Gasteiger partial charge in [0.2, 0.25) is 17.7 Å². The Bertz CT molecular complexity index is 1610. The molecule has 52 heavy (non-hydrogen) atoms. The molecule has 284 valence electrons. The average Bonchev–Trinajstić information content (AvgIpc) is 3.38. The number of alkyl carbamates (subject to hydrolysis) is 1. The predicted octanol–water partition coefficient (Wildman–Crippen LogP) is 2.76. The highest BCUT2D eigenvalue weighted by molar-refractivity contribution is 7.94. The van der Waals surface area contributed by atoms with E-state index in [-0.39, 0.29) is 44.0 Å². The summed E-state index contributed by atoms with van der Waals surface area (Å²) in [6.45, 7) is 4.93. The number of nitrogens with one attached hydrogen (secondary N) is 4. The molecule has 0 aliphatic heterocycles. The highest BCUT2D eigenvalue weighted by Gasteiger charge is 2.34. The van der Waals surface area contributed by atoms with Gasteiger partial charge in [-0.3, -0.25) is 24.0 Å². The van der Waals surface area contributed by atoms with Crippen LogP contribution in [0.1, 0.15) is 58.4 Å². The molecule has 16 heteroatoms. The molecule has 0 bridgehead atoms. The predicted molar refractivity (Wildman–Crippen MR) is 192 cm³/mol. The summed E-state index contributed by atoms with van der Waals surface area (Å²) in [5.74, 6) is -5.85. The van der Waals surface area contributed by atoms with Crippen LogP contribution in [-0.2, 0) is 45.2 Å². The highest BCUT2D eigenvalue weighted by atomic mass is 32.2. The number of aliphatic carboxylic acids is 2. The normalized spacial score (nSPS) is 15.2. The van der Waals surface area contributed by atoms with E-state index < -0.39 is 82.1 Å². The zero-order valence-corrected chi connectivity index (χ0v) is 30.2. The molecule has 0 spiro atoms. The Morgan fingerprint density at radius 2 is 1.38 bits per heavy atom. The Hall–Kier alpha value is -5.25. The van der Waals surface area contributed by atoms with Crippen molar-refractivity contribution in [3.63, 3.8) is 0 Å². The van der Waals surface area contributed by atoms with Crippen molar-refractivity contribution in [1.82, 2.24) is 21.3 Å². The molecule has 0 radical (unpaired) electrons. The molecule has 0 aromatic heterocycles. The van der Waals surface area contributed by atoms with E-state index in [1.54, 1.807) is 80.6 Å². The molecule has 1 aliphatic carbocycles. The molecule has 1 aromatic rings. The smallest absolute Gasteiger partial charge is 0.408 e. The van der Waals surface area contributed by atoms with Crippen LogP contribution >= 0.6 is 0 Å². The Balaban J connectivity index is 2.34. The topological polar surface area (TPSA) is 234 Å². The molecule has 1 aromatic carbocycles. The molecule has 0 fully saturated rings. The highest BCUT2D eigenvalue weighted by Crippen LogP contribution is 2.15. The summed E-state index contributed by atoms with van der Waals surface area (Å²) in [6, 6.07) is 3.79. The molecule has 1 aliphatic rings. The summed E-state index contributed by atoms with van der Waals surface area (Å²) in [5.41, 5.74) is 0.677. The van der Waals surface area contributed by atoms with Gasteiger partial charge in [0.25, 0.3) is 0 Å². The van der Waals surface area contributed by atoms with E-state index in [0.717, 1.165) is 5.41 Å². The minimum Gasteiger partial charge on any atom is -0.481 e. The zero-order valence-electron chi connectivity index (χ0n) is 29.4.